The Labute approximate surface area is 222 Å². The maximum absolute atomic E-state index is 7.96. The molecule has 4 aromatic rings. The van der Waals surface area contributed by atoms with E-state index < -0.39 is 0 Å². The number of likely N-dealkylation sites (tertiary alicyclic amines) is 1. The van der Waals surface area contributed by atoms with Crippen LogP contribution in [-0.4, -0.2) is 40.7 Å². The Morgan fingerprint density at radius 1 is 1.08 bits per heavy atom. The molecule has 6 rings (SSSR count). The molecule has 0 saturated carbocycles. The van der Waals surface area contributed by atoms with Gasteiger partial charge in [0.05, 0.1) is 5.39 Å². The lowest BCUT2D eigenvalue weighted by molar-refractivity contribution is 0.291. The van der Waals surface area contributed by atoms with E-state index in [1.54, 1.807) is 6.33 Å². The Balaban J connectivity index is 1.18. The maximum atomic E-state index is 7.96. The highest BCUT2D eigenvalue weighted by Crippen LogP contribution is 2.41. The minimum Gasteiger partial charge on any atom is -0.380 e. The summed E-state index contributed by atoms with van der Waals surface area (Å²) in [5, 5.41) is 16.2. The van der Waals surface area contributed by atoms with Crippen molar-refractivity contribution < 1.29 is 0 Å². The van der Waals surface area contributed by atoms with Crippen molar-refractivity contribution in [2.45, 2.75) is 45.1 Å². The van der Waals surface area contributed by atoms with Crippen LogP contribution in [0.25, 0.3) is 10.2 Å². The number of aryl methyl sites for hydroxylation is 1. The van der Waals surface area contributed by atoms with Crippen LogP contribution in [-0.2, 0) is 19.4 Å². The van der Waals surface area contributed by atoms with Crippen LogP contribution in [0.5, 0.6) is 0 Å². The molecule has 2 aromatic heterocycles. The van der Waals surface area contributed by atoms with Crippen LogP contribution in [0.4, 0.5) is 17.2 Å². The van der Waals surface area contributed by atoms with Gasteiger partial charge in [0.15, 0.2) is 0 Å². The molecule has 1 aliphatic carbocycles. The number of hydrogen-bond donors (Lipinski definition) is 3. The number of anilines is 3. The molecule has 2 aromatic carbocycles. The molecule has 1 fully saturated rings. The lowest BCUT2D eigenvalue weighted by Crippen LogP contribution is -2.24. The van der Waals surface area contributed by atoms with Crippen molar-refractivity contribution in [1.29, 1.82) is 5.41 Å². The molecular weight excluding hydrogens is 476 g/mol. The van der Waals surface area contributed by atoms with Crippen molar-refractivity contribution in [3.8, 4) is 0 Å². The van der Waals surface area contributed by atoms with Gasteiger partial charge in [-0.25, -0.2) is 9.97 Å². The SMILES string of the molecule is N=Cc1cc(Nc2ncnc3sc4c(c23)CCC(CCN2CCCC2)C4)ccc1NCc1ccccc1. The van der Waals surface area contributed by atoms with E-state index in [2.05, 4.69) is 43.7 Å². The molecule has 37 heavy (non-hydrogen) atoms. The monoisotopic (exact) mass is 510 g/mol. The van der Waals surface area contributed by atoms with Gasteiger partial charge in [-0.2, -0.15) is 0 Å². The fraction of sp³-hybridized carbons (Fsp3) is 0.367. The van der Waals surface area contributed by atoms with Gasteiger partial charge in [-0.05, 0) is 93.4 Å². The number of aromatic nitrogens is 2. The van der Waals surface area contributed by atoms with Crippen LogP contribution in [0.15, 0.2) is 54.9 Å². The summed E-state index contributed by atoms with van der Waals surface area (Å²) >= 11 is 1.85. The van der Waals surface area contributed by atoms with Gasteiger partial charge in [0.1, 0.15) is 17.0 Å². The van der Waals surface area contributed by atoms with Crippen molar-refractivity contribution in [3.63, 3.8) is 0 Å². The number of hydrogen-bond acceptors (Lipinski definition) is 7. The third kappa shape index (κ3) is 5.38. The van der Waals surface area contributed by atoms with Gasteiger partial charge in [-0.15, -0.1) is 11.3 Å². The normalized spacial score (nSPS) is 17.6. The zero-order chi connectivity index (χ0) is 25.0. The van der Waals surface area contributed by atoms with Crippen molar-refractivity contribution in [3.05, 3.63) is 76.4 Å². The zero-order valence-electron chi connectivity index (χ0n) is 21.2. The van der Waals surface area contributed by atoms with Gasteiger partial charge in [-0.1, -0.05) is 30.3 Å². The fourth-order valence-corrected chi connectivity index (χ4v) is 7.04. The molecule has 0 spiro atoms. The Morgan fingerprint density at radius 2 is 1.95 bits per heavy atom. The van der Waals surface area contributed by atoms with E-state index >= 15 is 0 Å². The molecule has 0 amide bonds. The van der Waals surface area contributed by atoms with E-state index in [-0.39, 0.29) is 0 Å². The largest absolute Gasteiger partial charge is 0.380 e. The Kier molecular flexibility index (Phi) is 7.15. The quantitative estimate of drug-likeness (QED) is 0.220. The average molecular weight is 511 g/mol. The van der Waals surface area contributed by atoms with Gasteiger partial charge in [-0.3, -0.25) is 0 Å². The van der Waals surface area contributed by atoms with Gasteiger partial charge in [0.2, 0.25) is 0 Å². The van der Waals surface area contributed by atoms with Crippen LogP contribution < -0.4 is 10.6 Å². The van der Waals surface area contributed by atoms with E-state index in [4.69, 9.17) is 5.41 Å². The predicted octanol–water partition coefficient (Wildman–Crippen LogP) is 6.64. The van der Waals surface area contributed by atoms with Crippen molar-refractivity contribution in [2.75, 3.05) is 30.3 Å². The van der Waals surface area contributed by atoms with E-state index in [9.17, 15) is 0 Å². The second-order valence-electron chi connectivity index (χ2n) is 10.3. The smallest absolute Gasteiger partial charge is 0.142 e. The summed E-state index contributed by atoms with van der Waals surface area (Å²) in [4.78, 5) is 14.5. The number of thiophene rings is 1. The van der Waals surface area contributed by atoms with E-state index in [1.807, 2.05) is 41.7 Å². The number of rotatable bonds is 9. The van der Waals surface area contributed by atoms with Crippen LogP contribution in [0.1, 0.15) is 47.3 Å². The van der Waals surface area contributed by atoms with Crippen LogP contribution in [0, 0.1) is 11.3 Å². The molecule has 1 atom stereocenters. The molecule has 0 radical (unpaired) electrons. The van der Waals surface area contributed by atoms with Gasteiger partial charge >= 0.3 is 0 Å². The molecule has 0 bridgehead atoms. The minimum atomic E-state index is 0.723. The third-order valence-corrected chi connectivity index (χ3v) is 8.96. The molecule has 2 aliphatic rings. The highest BCUT2D eigenvalue weighted by molar-refractivity contribution is 7.19. The first-order valence-electron chi connectivity index (χ1n) is 13.4. The maximum Gasteiger partial charge on any atom is 0.142 e. The second-order valence-corrected chi connectivity index (χ2v) is 11.3. The van der Waals surface area contributed by atoms with Crippen molar-refractivity contribution >= 4 is 45.0 Å². The first-order valence-corrected chi connectivity index (χ1v) is 14.3. The van der Waals surface area contributed by atoms with Gasteiger partial charge in [0.25, 0.3) is 0 Å². The highest BCUT2D eigenvalue weighted by atomic mass is 32.1. The van der Waals surface area contributed by atoms with E-state index in [0.717, 1.165) is 46.5 Å². The molecular formula is C30H34N6S. The van der Waals surface area contributed by atoms with Crippen LogP contribution in [0.3, 0.4) is 0 Å². The van der Waals surface area contributed by atoms with Gasteiger partial charge in [0, 0.05) is 34.6 Å². The van der Waals surface area contributed by atoms with Gasteiger partial charge < -0.3 is 20.9 Å². The summed E-state index contributed by atoms with van der Waals surface area (Å²) in [7, 11) is 0. The molecule has 3 heterocycles. The molecule has 1 aliphatic heterocycles. The third-order valence-electron chi connectivity index (χ3n) is 7.80. The highest BCUT2D eigenvalue weighted by Gasteiger charge is 2.26. The first-order chi connectivity index (χ1) is 18.3. The second kappa shape index (κ2) is 11.0. The summed E-state index contributed by atoms with van der Waals surface area (Å²) in [5.74, 6) is 1.65. The lowest BCUT2D eigenvalue weighted by Gasteiger charge is -2.24. The number of nitrogens with one attached hydrogen (secondary N) is 3. The summed E-state index contributed by atoms with van der Waals surface area (Å²) in [5.41, 5.74) is 5.38. The van der Waals surface area contributed by atoms with E-state index in [1.165, 1.54) is 79.3 Å². The van der Waals surface area contributed by atoms with E-state index in [0.29, 0.717) is 0 Å². The molecule has 7 heteroatoms. The van der Waals surface area contributed by atoms with Crippen molar-refractivity contribution in [1.82, 2.24) is 14.9 Å². The Hall–Kier alpha value is -3.29. The molecule has 3 N–H and O–H groups in total. The Morgan fingerprint density at radius 3 is 2.78 bits per heavy atom. The Bertz CT molecular complexity index is 1380. The summed E-state index contributed by atoms with van der Waals surface area (Å²) in [6, 6.07) is 16.4. The molecule has 1 unspecified atom stereocenters. The summed E-state index contributed by atoms with van der Waals surface area (Å²) < 4.78 is 0. The van der Waals surface area contributed by atoms with Crippen LogP contribution in [0.2, 0.25) is 0 Å². The molecule has 1 saturated heterocycles. The lowest BCUT2D eigenvalue weighted by atomic mass is 9.85. The average Bonchev–Trinajstić information content (AvgIpc) is 3.59. The standard InChI is InChI=1S/C30H34N6S/c31-18-23-17-24(9-11-26(23)32-19-22-6-2-1-3-7-22)35-29-28-25-10-8-21(12-15-36-13-4-5-14-36)16-27(25)37-30(28)34-20-33-29/h1-3,6-7,9,11,17-18,20-21,31-32H,4-5,8,10,12-16,19H2,(H,33,34,35). The van der Waals surface area contributed by atoms with Crippen LogP contribution >= 0.6 is 11.3 Å². The number of nitrogens with zero attached hydrogens (tertiary/aromatic N) is 3. The molecule has 6 nitrogen and oxygen atoms in total. The zero-order valence-corrected chi connectivity index (χ0v) is 22.0. The fourth-order valence-electron chi connectivity index (χ4n) is 5.74. The molecule has 190 valence electrons. The predicted molar refractivity (Wildman–Crippen MR) is 155 cm³/mol. The topological polar surface area (TPSA) is 76.9 Å². The first kappa shape index (κ1) is 24.1. The van der Waals surface area contributed by atoms with Crippen molar-refractivity contribution in [2.24, 2.45) is 5.92 Å². The summed E-state index contributed by atoms with van der Waals surface area (Å²) in [6.45, 7) is 4.55. The number of benzene rings is 2. The number of fused-ring (bicyclic) bond motifs is 3. The minimum absolute atomic E-state index is 0.723. The summed E-state index contributed by atoms with van der Waals surface area (Å²) in [6.07, 6.45) is 10.6.